The molecule has 0 bridgehead atoms. The number of rotatable bonds is 14. The SMILES string of the molecule is COc1ccc([C@H](CC(=O)O)NC(=O)[C@H](CC(C)C)N2C(=O)N(Cc3ccc(NC(=O)Nc4ccccc4C)cc3)C3(CCCCC3)C2=O)c(OC)c1.[H-].[Na+]. The van der Waals surface area contributed by atoms with E-state index in [0.29, 0.717) is 41.3 Å². The number of hydrogen-bond acceptors (Lipinski definition) is 7. The number of aliphatic carboxylic acids is 1. The van der Waals surface area contributed by atoms with E-state index in [0.717, 1.165) is 35.3 Å². The standard InChI is InChI=1S/C40H49N5O8.Na.H/c1-25(2)21-33(36(48)42-32(23-35(46)47)30-18-17-29(52-4)22-34(30)53-5)45-37(49)40(19-9-6-10-20-40)44(39(45)51)24-27-13-15-28(16-14-27)41-38(50)43-31-12-8-7-11-26(31)3;;/h7-8,11-18,22,25,32-33H,6,9-10,19-21,23-24H2,1-5H3,(H,42,48)(H,46,47)(H2,41,43,50);;/q;+1;-1/t32-,33-;;/m0../s1. The summed E-state index contributed by atoms with van der Waals surface area (Å²) in [6, 6.07) is 16.3. The third-order valence-electron chi connectivity index (χ3n) is 10.0. The Hall–Kier alpha value is -4.59. The van der Waals surface area contributed by atoms with Gasteiger partial charge in [-0.05, 0) is 73.6 Å². The van der Waals surface area contributed by atoms with E-state index in [1.165, 1.54) is 14.2 Å². The van der Waals surface area contributed by atoms with Crippen molar-refractivity contribution in [2.24, 2.45) is 5.92 Å². The third-order valence-corrected chi connectivity index (χ3v) is 10.0. The number of amides is 6. The van der Waals surface area contributed by atoms with Gasteiger partial charge in [-0.25, -0.2) is 14.5 Å². The molecule has 2 aliphatic rings. The molecule has 5 rings (SSSR count). The molecule has 0 radical (unpaired) electrons. The second-order valence-corrected chi connectivity index (χ2v) is 14.1. The number of aryl methyl sites for hydroxylation is 1. The van der Waals surface area contributed by atoms with Crippen molar-refractivity contribution in [3.05, 3.63) is 83.4 Å². The topological polar surface area (TPSA) is 167 Å². The Bertz CT molecular complexity index is 1840. The molecule has 0 aromatic heterocycles. The summed E-state index contributed by atoms with van der Waals surface area (Å²) in [5.74, 6) is -1.46. The predicted molar refractivity (Wildman–Crippen MR) is 201 cm³/mol. The molecule has 1 aliphatic heterocycles. The van der Waals surface area contributed by atoms with Crippen LogP contribution in [0, 0.1) is 12.8 Å². The average Bonchev–Trinajstić information content (AvgIpc) is 3.32. The van der Waals surface area contributed by atoms with Gasteiger partial charge in [0.05, 0.1) is 26.7 Å². The van der Waals surface area contributed by atoms with E-state index in [-0.39, 0.29) is 49.9 Å². The maximum absolute atomic E-state index is 14.6. The van der Waals surface area contributed by atoms with Crippen LogP contribution in [0.3, 0.4) is 0 Å². The summed E-state index contributed by atoms with van der Waals surface area (Å²) < 4.78 is 10.8. The zero-order valence-electron chi connectivity index (χ0n) is 32.9. The molecule has 1 spiro atoms. The molecular formula is C40H50N5NaO8. The van der Waals surface area contributed by atoms with Crippen LogP contribution in [0.1, 0.15) is 83.0 Å². The fourth-order valence-corrected chi connectivity index (χ4v) is 7.29. The van der Waals surface area contributed by atoms with Crippen molar-refractivity contribution in [3.8, 4) is 11.5 Å². The van der Waals surface area contributed by atoms with Gasteiger partial charge in [0, 0.05) is 29.5 Å². The first-order valence-corrected chi connectivity index (χ1v) is 18.0. The van der Waals surface area contributed by atoms with Crippen molar-refractivity contribution >= 4 is 41.2 Å². The summed E-state index contributed by atoms with van der Waals surface area (Å²) in [6.45, 7) is 5.83. The maximum atomic E-state index is 14.6. The number of anilines is 2. The van der Waals surface area contributed by atoms with E-state index in [1.807, 2.05) is 45.0 Å². The molecule has 2 fully saturated rings. The van der Waals surface area contributed by atoms with Crippen LogP contribution in [0.5, 0.6) is 11.5 Å². The molecule has 1 saturated heterocycles. The molecule has 1 saturated carbocycles. The molecule has 13 nitrogen and oxygen atoms in total. The van der Waals surface area contributed by atoms with Crippen molar-refractivity contribution in [2.45, 2.75) is 89.9 Å². The number of ether oxygens (including phenoxy) is 2. The molecule has 1 aliphatic carbocycles. The van der Waals surface area contributed by atoms with Crippen LogP contribution in [-0.4, -0.2) is 70.6 Å². The quantitative estimate of drug-likeness (QED) is 0.142. The Morgan fingerprint density at radius 3 is 2.22 bits per heavy atom. The summed E-state index contributed by atoms with van der Waals surface area (Å²) in [6.07, 6.45) is 3.08. The maximum Gasteiger partial charge on any atom is 1.00 e. The van der Waals surface area contributed by atoms with Crippen molar-refractivity contribution in [1.82, 2.24) is 15.1 Å². The first-order chi connectivity index (χ1) is 25.4. The van der Waals surface area contributed by atoms with E-state index < -0.39 is 53.9 Å². The Labute approximate surface area is 339 Å². The number of imide groups is 1. The van der Waals surface area contributed by atoms with E-state index in [1.54, 1.807) is 47.4 Å². The normalized spacial score (nSPS) is 16.0. The van der Waals surface area contributed by atoms with E-state index in [9.17, 15) is 29.1 Å². The molecule has 4 N–H and O–H groups in total. The summed E-state index contributed by atoms with van der Waals surface area (Å²) in [5.41, 5.74) is 2.23. The molecular weight excluding hydrogens is 701 g/mol. The fourth-order valence-electron chi connectivity index (χ4n) is 7.29. The first kappa shape index (κ1) is 42.2. The molecule has 6 amide bonds. The number of urea groups is 2. The van der Waals surface area contributed by atoms with E-state index in [2.05, 4.69) is 16.0 Å². The van der Waals surface area contributed by atoms with Crippen LogP contribution >= 0.6 is 0 Å². The summed E-state index contributed by atoms with van der Waals surface area (Å²) >= 11 is 0. The van der Waals surface area contributed by atoms with Crippen molar-refractivity contribution < 1.29 is 69.5 Å². The van der Waals surface area contributed by atoms with Crippen molar-refractivity contribution in [3.63, 3.8) is 0 Å². The number of carbonyl (C=O) groups excluding carboxylic acids is 4. The van der Waals surface area contributed by atoms with Gasteiger partial charge in [0.25, 0.3) is 5.91 Å². The predicted octanol–water partition coefficient (Wildman–Crippen LogP) is 3.99. The second kappa shape index (κ2) is 18.6. The average molecular weight is 752 g/mol. The van der Waals surface area contributed by atoms with Gasteiger partial charge in [-0.2, -0.15) is 0 Å². The molecule has 14 heteroatoms. The number of methoxy groups -OCH3 is 2. The molecule has 3 aromatic carbocycles. The van der Waals surface area contributed by atoms with Crippen LogP contribution < -0.4 is 55.0 Å². The Morgan fingerprint density at radius 1 is 0.926 bits per heavy atom. The smallest absolute Gasteiger partial charge is 1.00 e. The number of nitrogens with one attached hydrogen (secondary N) is 3. The number of carboxylic acid groups (broad SMARTS) is 1. The molecule has 284 valence electrons. The minimum Gasteiger partial charge on any atom is -1.00 e. The molecule has 3 aromatic rings. The van der Waals surface area contributed by atoms with Gasteiger partial charge in [-0.1, -0.05) is 63.4 Å². The zero-order valence-corrected chi connectivity index (χ0v) is 33.9. The number of para-hydroxylation sites is 1. The largest absolute Gasteiger partial charge is 1.00 e. The van der Waals surface area contributed by atoms with Gasteiger partial charge in [0.2, 0.25) is 5.91 Å². The van der Waals surface area contributed by atoms with Crippen LogP contribution in [0.25, 0.3) is 0 Å². The Morgan fingerprint density at radius 2 is 1.61 bits per heavy atom. The minimum atomic E-state index is -1.18. The zero-order chi connectivity index (χ0) is 38.3. The van der Waals surface area contributed by atoms with E-state index in [4.69, 9.17) is 9.47 Å². The van der Waals surface area contributed by atoms with Crippen molar-refractivity contribution in [1.29, 1.82) is 0 Å². The van der Waals surface area contributed by atoms with Crippen molar-refractivity contribution in [2.75, 3.05) is 24.9 Å². The summed E-state index contributed by atoms with van der Waals surface area (Å²) in [4.78, 5) is 70.7. The third kappa shape index (κ3) is 9.55. The van der Waals surface area contributed by atoms with Crippen LogP contribution in [0.4, 0.5) is 21.0 Å². The van der Waals surface area contributed by atoms with Crippen LogP contribution in [0.15, 0.2) is 66.7 Å². The van der Waals surface area contributed by atoms with Gasteiger partial charge in [0.1, 0.15) is 23.1 Å². The van der Waals surface area contributed by atoms with Gasteiger partial charge in [0.15, 0.2) is 0 Å². The number of benzene rings is 3. The van der Waals surface area contributed by atoms with Gasteiger partial charge >= 0.3 is 47.6 Å². The fraction of sp³-hybridized carbons (Fsp3) is 0.425. The van der Waals surface area contributed by atoms with Gasteiger partial charge in [-0.15, -0.1) is 0 Å². The Balaban J connectivity index is 0.00000406. The number of carboxylic acids is 1. The second-order valence-electron chi connectivity index (χ2n) is 14.1. The number of nitrogens with zero attached hydrogens (tertiary/aromatic N) is 2. The van der Waals surface area contributed by atoms with E-state index >= 15 is 0 Å². The van der Waals surface area contributed by atoms with Gasteiger partial charge < -0.3 is 36.9 Å². The van der Waals surface area contributed by atoms with Crippen LogP contribution in [-0.2, 0) is 20.9 Å². The molecule has 1 heterocycles. The first-order valence-electron chi connectivity index (χ1n) is 18.0. The minimum absolute atomic E-state index is 0. The summed E-state index contributed by atoms with van der Waals surface area (Å²) in [7, 11) is 2.93. The molecule has 0 unspecified atom stereocenters. The van der Waals surface area contributed by atoms with Crippen LogP contribution in [0.2, 0.25) is 0 Å². The monoisotopic (exact) mass is 751 g/mol. The number of hydrogen-bond donors (Lipinski definition) is 4. The molecule has 54 heavy (non-hydrogen) atoms. The number of carbonyl (C=O) groups is 5. The summed E-state index contributed by atoms with van der Waals surface area (Å²) in [5, 5.41) is 18.3. The Kier molecular flexibility index (Phi) is 14.5. The molecule has 2 atom stereocenters. The van der Waals surface area contributed by atoms with Gasteiger partial charge in [-0.3, -0.25) is 14.4 Å².